The van der Waals surface area contributed by atoms with Gasteiger partial charge in [-0.25, -0.2) is 4.98 Å². The van der Waals surface area contributed by atoms with E-state index in [2.05, 4.69) is 43.3 Å². The van der Waals surface area contributed by atoms with Gasteiger partial charge in [-0.2, -0.15) is 4.98 Å². The number of anilines is 3. The standard InChI is InChI=1S/C22H26N6O/c1-17-14-21(26-22(25-17)24-16-18-4-3-9-23-15-18)28-12-10-27(11-13-28)19-5-7-20(29-2)8-6-19/h3-9,14-15H,10-13,16H2,1-2H3,(H,24,25,26). The topological polar surface area (TPSA) is 66.4 Å². The third kappa shape index (κ3) is 4.74. The number of benzene rings is 1. The van der Waals surface area contributed by atoms with Crippen molar-refractivity contribution in [3.63, 3.8) is 0 Å². The molecule has 7 nitrogen and oxygen atoms in total. The highest BCUT2D eigenvalue weighted by Crippen LogP contribution is 2.23. The molecule has 0 unspecified atom stereocenters. The fourth-order valence-corrected chi connectivity index (χ4v) is 3.46. The van der Waals surface area contributed by atoms with E-state index in [0.29, 0.717) is 12.5 Å². The van der Waals surface area contributed by atoms with E-state index in [1.807, 2.05) is 37.4 Å². The number of nitrogens with zero attached hydrogens (tertiary/aromatic N) is 5. The number of piperazine rings is 1. The molecule has 2 aromatic heterocycles. The minimum Gasteiger partial charge on any atom is -0.497 e. The van der Waals surface area contributed by atoms with Crippen LogP contribution in [-0.4, -0.2) is 48.2 Å². The molecule has 0 radical (unpaired) electrons. The Morgan fingerprint density at radius 2 is 1.76 bits per heavy atom. The largest absolute Gasteiger partial charge is 0.497 e. The first-order valence-corrected chi connectivity index (χ1v) is 9.84. The van der Waals surface area contributed by atoms with Gasteiger partial charge in [-0.15, -0.1) is 0 Å². The number of aryl methyl sites for hydroxylation is 1. The fourth-order valence-electron chi connectivity index (χ4n) is 3.46. The molecule has 0 bridgehead atoms. The van der Waals surface area contributed by atoms with Crippen LogP contribution in [0, 0.1) is 6.92 Å². The van der Waals surface area contributed by atoms with Crippen molar-refractivity contribution >= 4 is 17.5 Å². The van der Waals surface area contributed by atoms with Crippen LogP contribution < -0.4 is 19.9 Å². The molecule has 0 aliphatic carbocycles. The van der Waals surface area contributed by atoms with Gasteiger partial charge in [0.1, 0.15) is 11.6 Å². The number of pyridine rings is 1. The molecule has 1 N–H and O–H groups in total. The second-order valence-corrected chi connectivity index (χ2v) is 7.08. The maximum absolute atomic E-state index is 5.25. The number of nitrogens with one attached hydrogen (secondary N) is 1. The number of ether oxygens (including phenoxy) is 1. The zero-order valence-electron chi connectivity index (χ0n) is 16.9. The number of hydrogen-bond donors (Lipinski definition) is 1. The summed E-state index contributed by atoms with van der Waals surface area (Å²) in [6.45, 7) is 6.41. The first kappa shape index (κ1) is 19.0. The Balaban J connectivity index is 1.39. The SMILES string of the molecule is COc1ccc(N2CCN(c3cc(C)nc(NCc4cccnc4)n3)CC2)cc1. The van der Waals surface area contributed by atoms with Gasteiger partial charge in [-0.3, -0.25) is 4.98 Å². The Kier molecular flexibility index (Phi) is 5.74. The summed E-state index contributed by atoms with van der Waals surface area (Å²) in [5.74, 6) is 2.51. The van der Waals surface area contributed by atoms with E-state index in [9.17, 15) is 0 Å². The highest BCUT2D eigenvalue weighted by atomic mass is 16.5. The molecular formula is C22H26N6O. The first-order chi connectivity index (χ1) is 14.2. The molecule has 0 saturated carbocycles. The fraction of sp³-hybridized carbons (Fsp3) is 0.318. The van der Waals surface area contributed by atoms with Gasteiger partial charge in [0.25, 0.3) is 0 Å². The molecule has 3 aromatic rings. The van der Waals surface area contributed by atoms with E-state index in [-0.39, 0.29) is 0 Å². The quantitative estimate of drug-likeness (QED) is 0.694. The van der Waals surface area contributed by atoms with Gasteiger partial charge in [0.2, 0.25) is 5.95 Å². The number of aromatic nitrogens is 3. The lowest BCUT2D eigenvalue weighted by Gasteiger charge is -2.37. The summed E-state index contributed by atoms with van der Waals surface area (Å²) in [4.78, 5) is 18.1. The zero-order valence-corrected chi connectivity index (χ0v) is 16.9. The van der Waals surface area contributed by atoms with Crippen LogP contribution >= 0.6 is 0 Å². The minimum atomic E-state index is 0.654. The monoisotopic (exact) mass is 390 g/mol. The van der Waals surface area contributed by atoms with Crippen molar-refractivity contribution in [2.75, 3.05) is 48.4 Å². The Morgan fingerprint density at radius 1 is 1.00 bits per heavy atom. The van der Waals surface area contributed by atoms with Gasteiger partial charge in [-0.05, 0) is 42.8 Å². The van der Waals surface area contributed by atoms with Gasteiger partial charge < -0.3 is 19.9 Å². The van der Waals surface area contributed by atoms with Crippen LogP contribution in [0.2, 0.25) is 0 Å². The third-order valence-electron chi connectivity index (χ3n) is 5.06. The first-order valence-electron chi connectivity index (χ1n) is 9.84. The average molecular weight is 390 g/mol. The van der Waals surface area contributed by atoms with Crippen molar-refractivity contribution in [2.24, 2.45) is 0 Å². The van der Waals surface area contributed by atoms with Crippen LogP contribution in [0.3, 0.4) is 0 Å². The van der Waals surface area contributed by atoms with Gasteiger partial charge >= 0.3 is 0 Å². The smallest absolute Gasteiger partial charge is 0.225 e. The van der Waals surface area contributed by atoms with E-state index in [1.54, 1.807) is 13.3 Å². The summed E-state index contributed by atoms with van der Waals surface area (Å²) >= 11 is 0. The molecule has 1 aliphatic heterocycles. The molecule has 150 valence electrons. The van der Waals surface area contributed by atoms with E-state index in [0.717, 1.165) is 49.0 Å². The van der Waals surface area contributed by atoms with Gasteiger partial charge in [-0.1, -0.05) is 6.07 Å². The van der Waals surface area contributed by atoms with Crippen molar-refractivity contribution in [2.45, 2.75) is 13.5 Å². The second kappa shape index (κ2) is 8.77. The van der Waals surface area contributed by atoms with Crippen LogP contribution in [0.4, 0.5) is 17.5 Å². The van der Waals surface area contributed by atoms with Crippen LogP contribution in [0.25, 0.3) is 0 Å². The molecular weight excluding hydrogens is 364 g/mol. The molecule has 29 heavy (non-hydrogen) atoms. The number of rotatable bonds is 6. The molecule has 4 rings (SSSR count). The molecule has 0 spiro atoms. The van der Waals surface area contributed by atoms with Crippen LogP contribution in [0.15, 0.2) is 54.9 Å². The summed E-state index contributed by atoms with van der Waals surface area (Å²) in [7, 11) is 1.69. The Bertz CT molecular complexity index is 924. The Hall–Kier alpha value is -3.35. The lowest BCUT2D eigenvalue weighted by molar-refractivity contribution is 0.415. The van der Waals surface area contributed by atoms with Crippen molar-refractivity contribution in [1.82, 2.24) is 15.0 Å². The van der Waals surface area contributed by atoms with Crippen LogP contribution in [0.5, 0.6) is 5.75 Å². The van der Waals surface area contributed by atoms with Crippen molar-refractivity contribution < 1.29 is 4.74 Å². The van der Waals surface area contributed by atoms with Crippen molar-refractivity contribution in [3.8, 4) is 5.75 Å². The zero-order chi connectivity index (χ0) is 20.1. The van der Waals surface area contributed by atoms with Gasteiger partial charge in [0.15, 0.2) is 0 Å². The normalized spacial score (nSPS) is 14.0. The lowest BCUT2D eigenvalue weighted by atomic mass is 10.2. The number of hydrogen-bond acceptors (Lipinski definition) is 7. The Morgan fingerprint density at radius 3 is 2.45 bits per heavy atom. The average Bonchev–Trinajstić information content (AvgIpc) is 2.78. The summed E-state index contributed by atoms with van der Waals surface area (Å²) in [6, 6.07) is 14.3. The summed E-state index contributed by atoms with van der Waals surface area (Å²) in [5, 5.41) is 3.32. The highest BCUT2D eigenvalue weighted by Gasteiger charge is 2.19. The molecule has 1 saturated heterocycles. The molecule has 3 heterocycles. The second-order valence-electron chi connectivity index (χ2n) is 7.08. The van der Waals surface area contributed by atoms with Crippen LogP contribution in [0.1, 0.15) is 11.3 Å². The highest BCUT2D eigenvalue weighted by molar-refractivity contribution is 5.52. The molecule has 7 heteroatoms. The lowest BCUT2D eigenvalue weighted by Crippen LogP contribution is -2.46. The van der Waals surface area contributed by atoms with Crippen LogP contribution in [-0.2, 0) is 6.54 Å². The summed E-state index contributed by atoms with van der Waals surface area (Å²) in [6.07, 6.45) is 3.62. The van der Waals surface area contributed by atoms with Gasteiger partial charge in [0, 0.05) is 62.6 Å². The third-order valence-corrected chi connectivity index (χ3v) is 5.06. The van der Waals surface area contributed by atoms with E-state index in [1.165, 1.54) is 5.69 Å². The summed E-state index contributed by atoms with van der Waals surface area (Å²) < 4.78 is 5.25. The predicted molar refractivity (Wildman–Crippen MR) is 116 cm³/mol. The maximum atomic E-state index is 5.25. The summed E-state index contributed by atoms with van der Waals surface area (Å²) in [5.41, 5.74) is 3.29. The maximum Gasteiger partial charge on any atom is 0.225 e. The van der Waals surface area contributed by atoms with Gasteiger partial charge in [0.05, 0.1) is 7.11 Å². The van der Waals surface area contributed by atoms with E-state index >= 15 is 0 Å². The number of methoxy groups -OCH3 is 1. The van der Waals surface area contributed by atoms with E-state index < -0.39 is 0 Å². The minimum absolute atomic E-state index is 0.654. The van der Waals surface area contributed by atoms with Crippen molar-refractivity contribution in [1.29, 1.82) is 0 Å². The molecule has 0 atom stereocenters. The molecule has 1 aromatic carbocycles. The predicted octanol–water partition coefficient (Wildman–Crippen LogP) is 3.13. The molecule has 0 amide bonds. The Labute approximate surface area is 171 Å². The van der Waals surface area contributed by atoms with Crippen molar-refractivity contribution in [3.05, 3.63) is 66.1 Å². The molecule has 1 fully saturated rings. The van der Waals surface area contributed by atoms with E-state index in [4.69, 9.17) is 9.72 Å². The molecule has 1 aliphatic rings.